The largest absolute Gasteiger partial charge is 3.00 e. The topological polar surface area (TPSA) is 241 Å². The van der Waals surface area contributed by atoms with Gasteiger partial charge in [0.2, 0.25) is 0 Å². The molecule has 12 nitrogen and oxygen atoms in total. The van der Waals surface area contributed by atoms with E-state index in [0.717, 1.165) is 6.42 Å². The number of hydrogen-bond acceptors (Lipinski definition) is 12. The fourth-order valence-electron chi connectivity index (χ4n) is 1.49. The Hall–Kier alpha value is 1.67. The van der Waals surface area contributed by atoms with Crippen LogP contribution < -0.4 is 29.6 Å². The van der Waals surface area contributed by atoms with Crippen molar-refractivity contribution < 1.29 is 82.1 Å². The van der Waals surface area contributed by atoms with E-state index in [1.165, 1.54) is 57.8 Å². The molecule has 0 radical (unpaired) electrons. The van der Waals surface area contributed by atoms with Gasteiger partial charge in [0.25, 0.3) is 0 Å². The summed E-state index contributed by atoms with van der Waals surface area (Å²) in [5, 5.41) is 0. The Labute approximate surface area is 224 Å². The standard InChI is InChI=1S/C12H25.2Al.Na.3H2O4S/c1-3-5-7-9-11-12-10-8-6-4-2;;;;3*1-5(2,3)4/h1,3-12H2,2H3;;;;3*(H2,1,2,3,4)/q-1;2*+3;+1;;;/p-6. The minimum Gasteiger partial charge on any atom is -0.759 e. The normalized spacial score (nSPS) is 10.0. The van der Waals surface area contributed by atoms with Crippen LogP contribution in [0, 0.1) is 6.92 Å². The Balaban J connectivity index is -0.0000000502. The number of hydrogen-bond donors (Lipinski definition) is 0. The fraction of sp³-hybridized carbons (Fsp3) is 0.917. The molecule has 0 spiro atoms. The van der Waals surface area contributed by atoms with Gasteiger partial charge in [-0.3, -0.25) is 25.3 Å². The van der Waals surface area contributed by atoms with Crippen molar-refractivity contribution >= 4 is 65.9 Å². The summed E-state index contributed by atoms with van der Waals surface area (Å²) in [4.78, 5) is 0. The minimum atomic E-state index is -5.17. The first-order chi connectivity index (χ1) is 11.9. The first-order valence-electron chi connectivity index (χ1n) is 7.71. The van der Waals surface area contributed by atoms with Gasteiger partial charge in [-0.2, -0.15) is 6.42 Å². The van der Waals surface area contributed by atoms with Crippen LogP contribution in [0.1, 0.15) is 71.1 Å². The molecule has 0 unspecified atom stereocenters. The van der Waals surface area contributed by atoms with Crippen LogP contribution in [0.2, 0.25) is 0 Å². The SMILES string of the molecule is O=S(=O)([O-])[O-].O=S(=O)([O-])[O-].O=S(=O)([O-])[O-].[Al+3].[Al+3].[CH2-]CCCCCCCCCCC.[Na+]. The molecule has 0 fully saturated rings. The summed E-state index contributed by atoms with van der Waals surface area (Å²) in [7, 11) is -15.5. The van der Waals surface area contributed by atoms with Gasteiger partial charge in [-0.05, 0) is 0 Å². The Morgan fingerprint density at radius 1 is 0.533 bits per heavy atom. The molecule has 0 rings (SSSR count). The second kappa shape index (κ2) is 30.7. The Bertz CT molecular complexity index is 507. The van der Waals surface area contributed by atoms with Crippen LogP contribution in [0.3, 0.4) is 0 Å². The molecule has 0 aromatic heterocycles. The summed E-state index contributed by atoms with van der Waals surface area (Å²) in [5.74, 6) is 0. The molecular weight excluding hydrogens is 509 g/mol. The fourth-order valence-corrected chi connectivity index (χ4v) is 1.49. The molecule has 0 aliphatic carbocycles. The zero-order chi connectivity index (χ0) is 22.6. The van der Waals surface area contributed by atoms with E-state index in [4.69, 9.17) is 52.6 Å². The van der Waals surface area contributed by atoms with Crippen LogP contribution in [-0.4, -0.2) is 87.3 Å². The van der Waals surface area contributed by atoms with Crippen LogP contribution >= 0.6 is 0 Å². The third-order valence-corrected chi connectivity index (χ3v) is 2.35. The van der Waals surface area contributed by atoms with Crippen LogP contribution in [0.4, 0.5) is 0 Å². The maximum absolute atomic E-state index is 8.52. The maximum Gasteiger partial charge on any atom is 3.00 e. The van der Waals surface area contributed by atoms with Gasteiger partial charge in [0.15, 0.2) is 0 Å². The van der Waals surface area contributed by atoms with Gasteiger partial charge in [-0.1, -0.05) is 64.7 Å². The molecule has 0 saturated carbocycles. The molecule has 0 aromatic rings. The van der Waals surface area contributed by atoms with Crippen LogP contribution in [-0.2, 0) is 31.2 Å². The molecule has 0 aliphatic rings. The summed E-state index contributed by atoms with van der Waals surface area (Å²) in [6, 6.07) is 0. The zero-order valence-electron chi connectivity index (χ0n) is 17.1. The molecule has 0 aromatic carbocycles. The van der Waals surface area contributed by atoms with E-state index in [9.17, 15) is 0 Å². The van der Waals surface area contributed by atoms with Crippen LogP contribution in [0.15, 0.2) is 0 Å². The molecule has 0 aliphatic heterocycles. The molecule has 0 bridgehead atoms. The van der Waals surface area contributed by atoms with Gasteiger partial charge in [-0.25, -0.2) is 0 Å². The van der Waals surface area contributed by atoms with Crippen molar-refractivity contribution in [1.82, 2.24) is 0 Å². The van der Waals surface area contributed by atoms with Gasteiger partial charge < -0.3 is 34.2 Å². The van der Waals surface area contributed by atoms with E-state index >= 15 is 0 Å². The second-order valence-corrected chi connectivity index (χ2v) is 7.36. The first-order valence-corrected chi connectivity index (χ1v) is 11.7. The molecule has 0 heterocycles. The summed E-state index contributed by atoms with van der Waals surface area (Å²) in [5.41, 5.74) is 0. The van der Waals surface area contributed by atoms with Gasteiger partial charge in [0, 0.05) is 31.2 Å². The van der Waals surface area contributed by atoms with Gasteiger partial charge in [0.05, 0.1) is 0 Å². The van der Waals surface area contributed by atoms with Crippen molar-refractivity contribution in [1.29, 1.82) is 0 Å². The van der Waals surface area contributed by atoms with Crippen molar-refractivity contribution in [3.63, 3.8) is 0 Å². The Morgan fingerprint density at radius 3 is 0.867 bits per heavy atom. The van der Waals surface area contributed by atoms with E-state index in [0.29, 0.717) is 0 Å². The molecule has 18 heteroatoms. The third-order valence-electron chi connectivity index (χ3n) is 2.35. The van der Waals surface area contributed by atoms with Gasteiger partial charge in [0.1, 0.15) is 0 Å². The minimum absolute atomic E-state index is 0. The zero-order valence-corrected chi connectivity index (χ0v) is 23.8. The Morgan fingerprint density at radius 2 is 0.700 bits per heavy atom. The predicted octanol–water partition coefficient (Wildman–Crippen LogP) is -3.03. The van der Waals surface area contributed by atoms with Crippen molar-refractivity contribution in [3.05, 3.63) is 6.92 Å². The first kappa shape index (κ1) is 49.0. The number of unbranched alkanes of at least 4 members (excludes halogenated alkanes) is 9. The van der Waals surface area contributed by atoms with Gasteiger partial charge in [-0.15, -0.1) is 0 Å². The predicted molar refractivity (Wildman–Crippen MR) is 100 cm³/mol. The van der Waals surface area contributed by atoms with Crippen molar-refractivity contribution in [2.45, 2.75) is 71.1 Å². The van der Waals surface area contributed by atoms with Gasteiger partial charge >= 0.3 is 64.3 Å². The summed E-state index contributed by atoms with van der Waals surface area (Å²) in [6.07, 6.45) is 13.9. The van der Waals surface area contributed by atoms with Crippen LogP contribution in [0.25, 0.3) is 0 Å². The Kier molecular flexibility index (Phi) is 50.1. The molecule has 0 saturated heterocycles. The average Bonchev–Trinajstić information content (AvgIpc) is 2.36. The summed E-state index contributed by atoms with van der Waals surface area (Å²) < 4.78 is 102. The van der Waals surface area contributed by atoms with Crippen molar-refractivity contribution in [3.8, 4) is 0 Å². The molecule has 30 heavy (non-hydrogen) atoms. The molecule has 170 valence electrons. The maximum atomic E-state index is 8.52. The molecule has 0 amide bonds. The molecular formula is C12H25Al2NaO12S3. The monoisotopic (exact) mass is 534 g/mol. The third kappa shape index (κ3) is 214. The quantitative estimate of drug-likeness (QED) is 0.0943. The van der Waals surface area contributed by atoms with E-state index < -0.39 is 31.2 Å². The van der Waals surface area contributed by atoms with E-state index in [-0.39, 0.29) is 64.3 Å². The molecule has 0 N–H and O–H groups in total. The van der Waals surface area contributed by atoms with Crippen LogP contribution in [0.5, 0.6) is 0 Å². The number of rotatable bonds is 9. The smallest absolute Gasteiger partial charge is 0.759 e. The van der Waals surface area contributed by atoms with E-state index in [1.807, 2.05) is 0 Å². The summed E-state index contributed by atoms with van der Waals surface area (Å²) in [6.45, 7) is 6.12. The van der Waals surface area contributed by atoms with Crippen molar-refractivity contribution in [2.75, 3.05) is 0 Å². The molecule has 0 atom stereocenters. The van der Waals surface area contributed by atoms with E-state index in [1.54, 1.807) is 0 Å². The van der Waals surface area contributed by atoms with E-state index in [2.05, 4.69) is 13.8 Å². The average molecular weight is 534 g/mol. The summed E-state index contributed by atoms with van der Waals surface area (Å²) >= 11 is 0. The second-order valence-electron chi connectivity index (χ2n) is 4.91. The van der Waals surface area contributed by atoms with Crippen molar-refractivity contribution in [2.24, 2.45) is 0 Å².